The van der Waals surface area contributed by atoms with Crippen molar-refractivity contribution in [1.82, 2.24) is 9.88 Å². The lowest BCUT2D eigenvalue weighted by atomic mass is 10.1. The fourth-order valence-corrected chi connectivity index (χ4v) is 4.90. The van der Waals surface area contributed by atoms with E-state index in [0.29, 0.717) is 42.6 Å². The van der Waals surface area contributed by atoms with Crippen LogP contribution in [0.5, 0.6) is 0 Å². The smallest absolute Gasteiger partial charge is 0.273 e. The molecule has 0 radical (unpaired) electrons. The number of benzene rings is 2. The molecule has 2 aromatic carbocycles. The maximum atomic E-state index is 13.7. The van der Waals surface area contributed by atoms with E-state index in [1.807, 2.05) is 13.0 Å². The van der Waals surface area contributed by atoms with Gasteiger partial charge in [-0.3, -0.25) is 24.7 Å². The van der Waals surface area contributed by atoms with Crippen molar-refractivity contribution >= 4 is 38.3 Å². The highest BCUT2D eigenvalue weighted by atomic mass is 32.1. The number of amides is 1. The maximum absolute atomic E-state index is 13.7. The zero-order chi connectivity index (χ0) is 22.8. The van der Waals surface area contributed by atoms with Gasteiger partial charge in [-0.1, -0.05) is 17.4 Å². The van der Waals surface area contributed by atoms with Crippen LogP contribution in [-0.2, 0) is 4.74 Å². The third-order valence-corrected chi connectivity index (χ3v) is 6.99. The molecule has 9 heteroatoms. The number of nitro groups is 1. The number of nitrogens with zero attached hydrogens (tertiary/aromatic N) is 4. The summed E-state index contributed by atoms with van der Waals surface area (Å²) in [6.45, 7) is 9.83. The second-order valence-electron chi connectivity index (χ2n) is 8.02. The quantitative estimate of drug-likeness (QED) is 0.411. The van der Waals surface area contributed by atoms with Gasteiger partial charge in [0.1, 0.15) is 0 Å². The van der Waals surface area contributed by atoms with Gasteiger partial charge in [0, 0.05) is 43.4 Å². The van der Waals surface area contributed by atoms with Gasteiger partial charge in [-0.2, -0.15) is 0 Å². The predicted octanol–water partition coefficient (Wildman–Crippen LogP) is 4.11. The van der Waals surface area contributed by atoms with Gasteiger partial charge in [0.2, 0.25) is 0 Å². The van der Waals surface area contributed by atoms with E-state index in [4.69, 9.17) is 9.72 Å². The molecule has 0 bridgehead atoms. The molecule has 2 heterocycles. The minimum absolute atomic E-state index is 0.0560. The Morgan fingerprint density at radius 3 is 2.66 bits per heavy atom. The number of hydrogen-bond donors (Lipinski definition) is 0. The van der Waals surface area contributed by atoms with Crippen LogP contribution < -0.4 is 4.90 Å². The number of carbonyl (C=O) groups excluding carboxylic acids is 1. The molecule has 168 valence electrons. The highest BCUT2D eigenvalue weighted by Gasteiger charge is 2.26. The first kappa shape index (κ1) is 22.3. The molecule has 8 nitrogen and oxygen atoms in total. The fraction of sp³-hybridized carbons (Fsp3) is 0.391. The van der Waals surface area contributed by atoms with Crippen molar-refractivity contribution in [2.75, 3.05) is 44.3 Å². The third kappa shape index (κ3) is 4.50. The second-order valence-corrected chi connectivity index (χ2v) is 9.03. The van der Waals surface area contributed by atoms with E-state index < -0.39 is 4.92 Å². The standard InChI is InChI=1S/C23H26N4O4S/c1-15-13-19-21(14-16(15)2)32-23(24-19)26(8-7-25-9-11-31-12-10-25)22(28)18-5-4-6-20(17(18)3)27(29)30/h4-6,13-14H,7-12H2,1-3H3. The molecular formula is C23H26N4O4S. The lowest BCUT2D eigenvalue weighted by Gasteiger charge is -2.29. The molecule has 3 aromatic rings. The molecule has 1 fully saturated rings. The highest BCUT2D eigenvalue weighted by Crippen LogP contribution is 2.32. The average Bonchev–Trinajstić information content (AvgIpc) is 3.17. The Hall–Kier alpha value is -2.88. The van der Waals surface area contributed by atoms with Crippen molar-refractivity contribution in [1.29, 1.82) is 0 Å². The van der Waals surface area contributed by atoms with Crippen LogP contribution in [0.15, 0.2) is 30.3 Å². The molecule has 1 aliphatic heterocycles. The number of aromatic nitrogens is 1. The number of hydrogen-bond acceptors (Lipinski definition) is 7. The van der Waals surface area contributed by atoms with E-state index in [0.717, 1.165) is 28.9 Å². The van der Waals surface area contributed by atoms with Gasteiger partial charge in [-0.15, -0.1) is 0 Å². The van der Waals surface area contributed by atoms with Crippen molar-refractivity contribution in [2.45, 2.75) is 20.8 Å². The first-order valence-corrected chi connectivity index (χ1v) is 11.4. The Bertz CT molecular complexity index is 1130. The molecule has 0 unspecified atom stereocenters. The van der Waals surface area contributed by atoms with Gasteiger partial charge < -0.3 is 4.74 Å². The molecule has 1 aromatic heterocycles. The van der Waals surface area contributed by atoms with Crippen LogP contribution in [0.3, 0.4) is 0 Å². The van der Waals surface area contributed by atoms with Crippen molar-refractivity contribution in [3.63, 3.8) is 0 Å². The number of ether oxygens (including phenoxy) is 1. The second kappa shape index (κ2) is 9.32. The van der Waals surface area contributed by atoms with E-state index >= 15 is 0 Å². The first-order valence-electron chi connectivity index (χ1n) is 10.6. The minimum Gasteiger partial charge on any atom is -0.379 e. The van der Waals surface area contributed by atoms with Crippen LogP contribution >= 0.6 is 11.3 Å². The number of anilines is 1. The summed E-state index contributed by atoms with van der Waals surface area (Å²) in [5, 5.41) is 12.0. The van der Waals surface area contributed by atoms with Crippen molar-refractivity contribution in [3.8, 4) is 0 Å². The van der Waals surface area contributed by atoms with E-state index in [-0.39, 0.29) is 11.6 Å². The maximum Gasteiger partial charge on any atom is 0.273 e. The van der Waals surface area contributed by atoms with Crippen molar-refractivity contribution in [3.05, 3.63) is 62.7 Å². The Morgan fingerprint density at radius 2 is 1.94 bits per heavy atom. The van der Waals surface area contributed by atoms with E-state index in [2.05, 4.69) is 17.9 Å². The zero-order valence-corrected chi connectivity index (χ0v) is 19.3. The van der Waals surface area contributed by atoms with E-state index in [9.17, 15) is 14.9 Å². The molecule has 0 spiro atoms. The molecule has 0 saturated carbocycles. The van der Waals surface area contributed by atoms with Crippen molar-refractivity contribution < 1.29 is 14.5 Å². The van der Waals surface area contributed by atoms with Crippen LogP contribution in [0.2, 0.25) is 0 Å². The van der Waals surface area contributed by atoms with Gasteiger partial charge in [-0.05, 0) is 50.1 Å². The highest BCUT2D eigenvalue weighted by molar-refractivity contribution is 7.22. The van der Waals surface area contributed by atoms with E-state index in [1.54, 1.807) is 24.0 Å². The number of rotatable bonds is 6. The summed E-state index contributed by atoms with van der Waals surface area (Å²) in [6.07, 6.45) is 0. The van der Waals surface area contributed by atoms with E-state index in [1.165, 1.54) is 23.0 Å². The fourth-order valence-electron chi connectivity index (χ4n) is 3.83. The van der Waals surface area contributed by atoms with Crippen LogP contribution in [0, 0.1) is 30.9 Å². The van der Waals surface area contributed by atoms with Gasteiger partial charge in [0.15, 0.2) is 5.13 Å². The molecule has 0 N–H and O–H groups in total. The van der Waals surface area contributed by atoms with Gasteiger partial charge in [0.05, 0.1) is 28.4 Å². The van der Waals surface area contributed by atoms with Gasteiger partial charge in [-0.25, -0.2) is 4.98 Å². The topological polar surface area (TPSA) is 88.8 Å². The summed E-state index contributed by atoms with van der Waals surface area (Å²) < 4.78 is 6.44. The Balaban J connectivity index is 1.71. The molecule has 1 saturated heterocycles. The molecule has 0 aliphatic carbocycles. The number of thiazole rings is 1. The van der Waals surface area contributed by atoms with Crippen LogP contribution in [0.1, 0.15) is 27.0 Å². The molecule has 0 atom stereocenters. The monoisotopic (exact) mass is 454 g/mol. The summed E-state index contributed by atoms with van der Waals surface area (Å²) in [4.78, 5) is 33.3. The zero-order valence-electron chi connectivity index (χ0n) is 18.5. The molecule has 1 amide bonds. The largest absolute Gasteiger partial charge is 0.379 e. The average molecular weight is 455 g/mol. The lowest BCUT2D eigenvalue weighted by Crippen LogP contribution is -2.43. The SMILES string of the molecule is Cc1cc2nc(N(CCN3CCOCC3)C(=O)c3cccc([N+](=O)[O-])c3C)sc2cc1C. The number of morpholine rings is 1. The number of carbonyl (C=O) groups is 1. The number of fused-ring (bicyclic) bond motifs is 1. The molecule has 4 rings (SSSR count). The molecule has 32 heavy (non-hydrogen) atoms. The van der Waals surface area contributed by atoms with Crippen LogP contribution in [0.4, 0.5) is 10.8 Å². The Morgan fingerprint density at radius 1 is 1.22 bits per heavy atom. The van der Waals surface area contributed by atoms with Gasteiger partial charge in [0.25, 0.3) is 11.6 Å². The summed E-state index contributed by atoms with van der Waals surface area (Å²) >= 11 is 1.47. The lowest BCUT2D eigenvalue weighted by molar-refractivity contribution is -0.385. The van der Waals surface area contributed by atoms with Crippen LogP contribution in [0.25, 0.3) is 10.2 Å². The number of aryl methyl sites for hydroxylation is 2. The Labute approximate surface area is 190 Å². The number of nitro benzene ring substituents is 1. The summed E-state index contributed by atoms with van der Waals surface area (Å²) in [7, 11) is 0. The normalized spacial score (nSPS) is 14.6. The van der Waals surface area contributed by atoms with Crippen LogP contribution in [-0.4, -0.2) is 60.1 Å². The van der Waals surface area contributed by atoms with Crippen molar-refractivity contribution in [2.24, 2.45) is 0 Å². The first-order chi connectivity index (χ1) is 15.3. The summed E-state index contributed by atoms with van der Waals surface area (Å²) in [6, 6.07) is 8.76. The molecule has 1 aliphatic rings. The molecular weight excluding hydrogens is 428 g/mol. The van der Waals surface area contributed by atoms with Gasteiger partial charge >= 0.3 is 0 Å². The Kier molecular flexibility index (Phi) is 6.50. The third-order valence-electron chi connectivity index (χ3n) is 5.94. The summed E-state index contributed by atoms with van der Waals surface area (Å²) in [5.41, 5.74) is 3.82. The predicted molar refractivity (Wildman–Crippen MR) is 126 cm³/mol. The summed E-state index contributed by atoms with van der Waals surface area (Å²) in [5.74, 6) is -0.271. The minimum atomic E-state index is -0.451.